The first-order valence-electron chi connectivity index (χ1n) is 8.36. The third-order valence-corrected chi connectivity index (χ3v) is 4.47. The Bertz CT molecular complexity index is 1010. The molecule has 1 N–H and O–H groups in total. The molecule has 4 amide bonds. The number of carbonyl (C=O) groups excluding carboxylic acids is 3. The summed E-state index contributed by atoms with van der Waals surface area (Å²) >= 11 is 5.93. The number of carbonyl (C=O) groups is 3. The maximum Gasteiger partial charge on any atom is 0.335 e. The van der Waals surface area contributed by atoms with Crippen LogP contribution in [0.2, 0.25) is 5.02 Å². The Hall–Kier alpha value is -3.39. The van der Waals surface area contributed by atoms with Crippen molar-refractivity contribution in [1.29, 1.82) is 0 Å². The lowest BCUT2D eigenvalue weighted by molar-refractivity contribution is -0.131. The highest BCUT2D eigenvalue weighted by Crippen LogP contribution is 2.32. The molecular formula is C19H14ClN3O5. The van der Waals surface area contributed by atoms with E-state index in [1.165, 1.54) is 12.3 Å². The van der Waals surface area contributed by atoms with Crippen LogP contribution in [0.5, 0.6) is 11.5 Å². The van der Waals surface area contributed by atoms with Crippen molar-refractivity contribution in [2.45, 2.75) is 6.54 Å². The average Bonchev–Trinajstić information content (AvgIpc) is 3.12. The Morgan fingerprint density at radius 3 is 2.79 bits per heavy atom. The van der Waals surface area contributed by atoms with E-state index in [2.05, 4.69) is 10.3 Å². The lowest BCUT2D eigenvalue weighted by atomic mass is 10.1. The Labute approximate surface area is 164 Å². The lowest BCUT2D eigenvalue weighted by Crippen LogP contribution is -2.58. The van der Waals surface area contributed by atoms with Gasteiger partial charge in [0.05, 0.1) is 12.2 Å². The highest BCUT2D eigenvalue weighted by Gasteiger charge is 2.40. The number of ether oxygens (including phenoxy) is 2. The summed E-state index contributed by atoms with van der Waals surface area (Å²) in [7, 11) is 0. The minimum absolute atomic E-state index is 0.173. The maximum atomic E-state index is 12.7. The second-order valence-corrected chi connectivity index (χ2v) is 6.54. The SMILES string of the molecule is O=C1NC(=O)N(c2cccc(Cl)c2)C(=O)[C@@H]1C=NCc1ccc2c(c1)OCO2. The number of aliphatic imine (C=N–C) groups is 1. The van der Waals surface area contributed by atoms with Gasteiger partial charge in [-0.1, -0.05) is 23.7 Å². The Morgan fingerprint density at radius 1 is 1.14 bits per heavy atom. The van der Waals surface area contributed by atoms with Gasteiger partial charge < -0.3 is 9.47 Å². The van der Waals surface area contributed by atoms with Crippen LogP contribution < -0.4 is 19.7 Å². The lowest BCUT2D eigenvalue weighted by Gasteiger charge is -2.28. The molecule has 0 aromatic heterocycles. The highest BCUT2D eigenvalue weighted by atomic mass is 35.5. The molecule has 0 bridgehead atoms. The second kappa shape index (κ2) is 7.32. The molecule has 1 fully saturated rings. The van der Waals surface area contributed by atoms with Crippen LogP contribution in [0.4, 0.5) is 10.5 Å². The third kappa shape index (κ3) is 3.41. The molecule has 0 spiro atoms. The van der Waals surface area contributed by atoms with Crippen LogP contribution in [0.1, 0.15) is 5.56 Å². The molecule has 0 aliphatic carbocycles. The van der Waals surface area contributed by atoms with E-state index < -0.39 is 23.8 Å². The predicted octanol–water partition coefficient (Wildman–Crippen LogP) is 2.54. The summed E-state index contributed by atoms with van der Waals surface area (Å²) in [5.41, 5.74) is 1.10. The minimum Gasteiger partial charge on any atom is -0.454 e. The zero-order valence-electron chi connectivity index (χ0n) is 14.4. The van der Waals surface area contributed by atoms with E-state index in [9.17, 15) is 14.4 Å². The molecule has 0 unspecified atom stereocenters. The maximum absolute atomic E-state index is 12.7. The summed E-state index contributed by atoms with van der Waals surface area (Å²) in [6, 6.07) is 10.8. The number of fused-ring (bicyclic) bond motifs is 1. The van der Waals surface area contributed by atoms with Crippen molar-refractivity contribution in [3.05, 3.63) is 53.1 Å². The van der Waals surface area contributed by atoms with Crippen LogP contribution in [0.3, 0.4) is 0 Å². The number of nitrogens with zero attached hydrogens (tertiary/aromatic N) is 2. The first-order valence-corrected chi connectivity index (χ1v) is 8.73. The number of halogens is 1. The minimum atomic E-state index is -1.22. The monoisotopic (exact) mass is 399 g/mol. The molecule has 0 saturated carbocycles. The number of nitrogens with one attached hydrogen (secondary N) is 1. The third-order valence-electron chi connectivity index (χ3n) is 4.23. The predicted molar refractivity (Wildman–Crippen MR) is 101 cm³/mol. The first-order chi connectivity index (χ1) is 13.5. The molecule has 2 aromatic carbocycles. The summed E-state index contributed by atoms with van der Waals surface area (Å²) in [5, 5.41) is 2.53. The standard InChI is InChI=1S/C19H14ClN3O5/c20-12-2-1-3-13(7-12)23-18(25)14(17(24)22-19(23)26)9-21-8-11-4-5-15-16(6-11)28-10-27-15/h1-7,9,14H,8,10H2,(H,22,24,26)/t14-/m1/s1. The number of amides is 4. The highest BCUT2D eigenvalue weighted by molar-refractivity contribution is 6.34. The van der Waals surface area contributed by atoms with Gasteiger partial charge in [-0.25, -0.2) is 9.69 Å². The number of imide groups is 2. The molecule has 9 heteroatoms. The number of hydrogen-bond acceptors (Lipinski definition) is 6. The summed E-state index contributed by atoms with van der Waals surface area (Å²) in [5.74, 6) is -1.35. The number of barbiturate groups is 1. The smallest absolute Gasteiger partial charge is 0.335 e. The summed E-state index contributed by atoms with van der Waals surface area (Å²) in [4.78, 5) is 42.1. The average molecular weight is 400 g/mol. The van der Waals surface area contributed by atoms with E-state index in [1.54, 1.807) is 30.3 Å². The van der Waals surface area contributed by atoms with Crippen LogP contribution >= 0.6 is 11.6 Å². The fourth-order valence-electron chi connectivity index (χ4n) is 2.88. The summed E-state index contributed by atoms with van der Waals surface area (Å²) in [6.07, 6.45) is 1.24. The zero-order chi connectivity index (χ0) is 19.7. The molecule has 2 aromatic rings. The fourth-order valence-corrected chi connectivity index (χ4v) is 3.07. The fraction of sp³-hybridized carbons (Fsp3) is 0.158. The largest absolute Gasteiger partial charge is 0.454 e. The molecule has 1 atom stereocenters. The van der Waals surface area contributed by atoms with Gasteiger partial charge in [-0.2, -0.15) is 0 Å². The van der Waals surface area contributed by atoms with Crippen LogP contribution in [0.15, 0.2) is 47.5 Å². The van der Waals surface area contributed by atoms with Gasteiger partial charge in [0.1, 0.15) is 0 Å². The van der Waals surface area contributed by atoms with Crippen molar-refractivity contribution in [2.75, 3.05) is 11.7 Å². The van der Waals surface area contributed by atoms with Gasteiger partial charge in [-0.15, -0.1) is 0 Å². The van der Waals surface area contributed by atoms with Crippen LogP contribution in [-0.4, -0.2) is 30.9 Å². The molecule has 8 nitrogen and oxygen atoms in total. The Balaban J connectivity index is 1.51. The van der Waals surface area contributed by atoms with Crippen LogP contribution in [0.25, 0.3) is 0 Å². The molecule has 0 radical (unpaired) electrons. The molecule has 4 rings (SSSR count). The van der Waals surface area contributed by atoms with E-state index in [0.29, 0.717) is 16.5 Å². The van der Waals surface area contributed by atoms with Crippen molar-refractivity contribution in [3.63, 3.8) is 0 Å². The van der Waals surface area contributed by atoms with Gasteiger partial charge >= 0.3 is 6.03 Å². The quantitative estimate of drug-likeness (QED) is 0.629. The van der Waals surface area contributed by atoms with Crippen LogP contribution in [-0.2, 0) is 16.1 Å². The number of anilines is 1. The second-order valence-electron chi connectivity index (χ2n) is 6.10. The summed E-state index contributed by atoms with van der Waals surface area (Å²) < 4.78 is 10.6. The normalized spacial score (nSPS) is 18.7. The van der Waals surface area contributed by atoms with Crippen molar-refractivity contribution >= 4 is 41.3 Å². The van der Waals surface area contributed by atoms with Crippen molar-refractivity contribution in [1.82, 2.24) is 5.32 Å². The van der Waals surface area contributed by atoms with Crippen molar-refractivity contribution in [3.8, 4) is 11.5 Å². The first kappa shape index (κ1) is 18.0. The summed E-state index contributed by atoms with van der Waals surface area (Å²) in [6.45, 7) is 0.408. The number of rotatable bonds is 4. The van der Waals surface area contributed by atoms with Crippen molar-refractivity contribution < 1.29 is 23.9 Å². The number of hydrogen-bond donors (Lipinski definition) is 1. The number of benzene rings is 2. The molecule has 2 heterocycles. The van der Waals surface area contributed by atoms with E-state index in [-0.39, 0.29) is 19.0 Å². The van der Waals surface area contributed by atoms with Gasteiger partial charge in [-0.3, -0.25) is 19.9 Å². The molecule has 2 aliphatic heterocycles. The Morgan fingerprint density at radius 2 is 1.96 bits per heavy atom. The van der Waals surface area contributed by atoms with E-state index in [4.69, 9.17) is 21.1 Å². The van der Waals surface area contributed by atoms with Gasteiger partial charge in [0.2, 0.25) is 12.7 Å². The molecule has 1 saturated heterocycles. The van der Waals surface area contributed by atoms with Crippen molar-refractivity contribution in [2.24, 2.45) is 10.9 Å². The molecule has 28 heavy (non-hydrogen) atoms. The topological polar surface area (TPSA) is 97.3 Å². The zero-order valence-corrected chi connectivity index (χ0v) is 15.2. The van der Waals surface area contributed by atoms with Gasteiger partial charge in [0.15, 0.2) is 17.4 Å². The van der Waals surface area contributed by atoms with E-state index in [1.807, 2.05) is 6.07 Å². The molecular weight excluding hydrogens is 386 g/mol. The van der Waals surface area contributed by atoms with Crippen LogP contribution in [0, 0.1) is 5.92 Å². The molecule has 2 aliphatic rings. The van der Waals surface area contributed by atoms with Gasteiger partial charge in [0.25, 0.3) is 5.91 Å². The van der Waals surface area contributed by atoms with Gasteiger partial charge in [-0.05, 0) is 35.9 Å². The molecule has 142 valence electrons. The number of urea groups is 1. The van der Waals surface area contributed by atoms with Gasteiger partial charge in [0, 0.05) is 11.2 Å². The van der Waals surface area contributed by atoms with E-state index in [0.717, 1.165) is 10.5 Å². The Kier molecular flexibility index (Phi) is 4.70. The van der Waals surface area contributed by atoms with E-state index >= 15 is 0 Å².